The topological polar surface area (TPSA) is 42.0 Å². The van der Waals surface area contributed by atoms with E-state index in [1.54, 1.807) is 0 Å². The third-order valence-electron chi connectivity index (χ3n) is 4.00. The third kappa shape index (κ3) is 3.08. The summed E-state index contributed by atoms with van der Waals surface area (Å²) >= 11 is 2.27. The van der Waals surface area contributed by atoms with Gasteiger partial charge in [0.05, 0.1) is 16.8 Å². The third-order valence-corrected chi connectivity index (χ3v) is 4.67. The summed E-state index contributed by atoms with van der Waals surface area (Å²) in [5, 5.41) is 4.00. The van der Waals surface area contributed by atoms with Crippen molar-refractivity contribution in [2.24, 2.45) is 0 Å². The van der Waals surface area contributed by atoms with E-state index in [0.29, 0.717) is 11.6 Å². The standard InChI is InChI=1S/C19H15IN2O/c20-13-6-9-17-15(10-13)16(19(23)21-14-7-8-14)11-18(22-17)12-4-2-1-3-5-12/h1-6,9-11,14H,7-8H2,(H,21,23). The molecule has 0 radical (unpaired) electrons. The van der Waals surface area contributed by atoms with Crippen molar-refractivity contribution in [3.8, 4) is 11.3 Å². The van der Waals surface area contributed by atoms with Crippen LogP contribution in [-0.2, 0) is 0 Å². The molecule has 0 bridgehead atoms. The minimum atomic E-state index is -0.000851. The van der Waals surface area contributed by atoms with E-state index >= 15 is 0 Å². The van der Waals surface area contributed by atoms with Crippen LogP contribution in [0, 0.1) is 3.57 Å². The Bertz CT molecular complexity index is 889. The van der Waals surface area contributed by atoms with Crippen molar-refractivity contribution < 1.29 is 4.79 Å². The van der Waals surface area contributed by atoms with Gasteiger partial charge in [0.25, 0.3) is 5.91 Å². The molecule has 1 aliphatic carbocycles. The molecule has 0 unspecified atom stereocenters. The van der Waals surface area contributed by atoms with Crippen LogP contribution in [-0.4, -0.2) is 16.9 Å². The first kappa shape index (κ1) is 14.6. The summed E-state index contributed by atoms with van der Waals surface area (Å²) in [7, 11) is 0. The molecule has 3 aromatic rings. The van der Waals surface area contributed by atoms with Gasteiger partial charge in [0.1, 0.15) is 0 Å². The molecule has 23 heavy (non-hydrogen) atoms. The first-order valence-electron chi connectivity index (χ1n) is 7.67. The summed E-state index contributed by atoms with van der Waals surface area (Å²) < 4.78 is 1.10. The minimum Gasteiger partial charge on any atom is -0.349 e. The lowest BCUT2D eigenvalue weighted by Crippen LogP contribution is -2.25. The maximum absolute atomic E-state index is 12.7. The summed E-state index contributed by atoms with van der Waals surface area (Å²) in [6, 6.07) is 18.3. The lowest BCUT2D eigenvalue weighted by atomic mass is 10.0. The van der Waals surface area contributed by atoms with E-state index in [1.807, 2.05) is 54.6 Å². The predicted octanol–water partition coefficient (Wildman–Crippen LogP) is 4.40. The molecule has 0 aliphatic heterocycles. The van der Waals surface area contributed by atoms with Crippen LogP contribution >= 0.6 is 22.6 Å². The van der Waals surface area contributed by atoms with Crippen LogP contribution in [0.25, 0.3) is 22.2 Å². The molecule has 1 amide bonds. The second-order valence-corrected chi connectivity index (χ2v) is 7.08. The van der Waals surface area contributed by atoms with Crippen molar-refractivity contribution in [1.29, 1.82) is 0 Å². The van der Waals surface area contributed by atoms with Gasteiger partial charge in [0.15, 0.2) is 0 Å². The number of nitrogens with one attached hydrogen (secondary N) is 1. The number of pyridine rings is 1. The SMILES string of the molecule is O=C(NC1CC1)c1cc(-c2ccccc2)nc2ccc(I)cc12. The Hall–Kier alpha value is -1.95. The van der Waals surface area contributed by atoms with Crippen LogP contribution in [0.3, 0.4) is 0 Å². The molecule has 1 heterocycles. The highest BCUT2D eigenvalue weighted by Gasteiger charge is 2.25. The van der Waals surface area contributed by atoms with Crippen LogP contribution < -0.4 is 5.32 Å². The van der Waals surface area contributed by atoms with Gasteiger partial charge in [0.2, 0.25) is 0 Å². The number of fused-ring (bicyclic) bond motifs is 1. The molecule has 2 aromatic carbocycles. The van der Waals surface area contributed by atoms with Crippen molar-refractivity contribution >= 4 is 39.4 Å². The van der Waals surface area contributed by atoms with Gasteiger partial charge in [-0.25, -0.2) is 4.98 Å². The van der Waals surface area contributed by atoms with E-state index in [0.717, 1.165) is 38.6 Å². The van der Waals surface area contributed by atoms with E-state index in [-0.39, 0.29) is 5.91 Å². The first-order chi connectivity index (χ1) is 11.2. The number of hydrogen-bond donors (Lipinski definition) is 1. The van der Waals surface area contributed by atoms with Crippen molar-refractivity contribution in [1.82, 2.24) is 10.3 Å². The van der Waals surface area contributed by atoms with E-state index in [1.165, 1.54) is 0 Å². The number of nitrogens with zero attached hydrogens (tertiary/aromatic N) is 1. The highest BCUT2D eigenvalue weighted by atomic mass is 127. The van der Waals surface area contributed by atoms with Gasteiger partial charge < -0.3 is 5.32 Å². The van der Waals surface area contributed by atoms with E-state index < -0.39 is 0 Å². The Labute approximate surface area is 148 Å². The predicted molar refractivity (Wildman–Crippen MR) is 100 cm³/mol. The molecular weight excluding hydrogens is 399 g/mol. The summed E-state index contributed by atoms with van der Waals surface area (Å²) in [4.78, 5) is 17.4. The second-order valence-electron chi connectivity index (χ2n) is 5.83. The Kier molecular flexibility index (Phi) is 3.77. The van der Waals surface area contributed by atoms with Crippen LogP contribution in [0.4, 0.5) is 0 Å². The molecule has 0 atom stereocenters. The molecule has 0 spiro atoms. The number of carbonyl (C=O) groups excluding carboxylic acids is 1. The number of benzene rings is 2. The number of hydrogen-bond acceptors (Lipinski definition) is 2. The minimum absolute atomic E-state index is 0.000851. The fraction of sp³-hybridized carbons (Fsp3) is 0.158. The Morgan fingerprint density at radius 1 is 1.09 bits per heavy atom. The summed E-state index contributed by atoms with van der Waals surface area (Å²) in [6.07, 6.45) is 2.16. The van der Waals surface area contributed by atoms with Crippen LogP contribution in [0.5, 0.6) is 0 Å². The number of amides is 1. The smallest absolute Gasteiger partial charge is 0.252 e. The molecule has 4 heteroatoms. The Morgan fingerprint density at radius 3 is 2.61 bits per heavy atom. The molecule has 1 aliphatic rings. The van der Waals surface area contributed by atoms with Gasteiger partial charge in [-0.3, -0.25) is 4.79 Å². The second kappa shape index (κ2) is 5.92. The van der Waals surface area contributed by atoms with Gasteiger partial charge >= 0.3 is 0 Å². The summed E-state index contributed by atoms with van der Waals surface area (Å²) in [5.74, 6) is -0.000851. The van der Waals surface area contributed by atoms with Gasteiger partial charge in [-0.05, 0) is 59.7 Å². The zero-order chi connectivity index (χ0) is 15.8. The summed E-state index contributed by atoms with van der Waals surface area (Å²) in [5.41, 5.74) is 3.42. The van der Waals surface area contributed by atoms with Crippen LogP contribution in [0.1, 0.15) is 23.2 Å². The zero-order valence-electron chi connectivity index (χ0n) is 12.4. The maximum Gasteiger partial charge on any atom is 0.252 e. The van der Waals surface area contributed by atoms with E-state index in [4.69, 9.17) is 4.98 Å². The van der Waals surface area contributed by atoms with Crippen molar-refractivity contribution in [3.05, 3.63) is 63.7 Å². The van der Waals surface area contributed by atoms with Gasteiger partial charge in [-0.1, -0.05) is 30.3 Å². The molecule has 1 N–H and O–H groups in total. The molecule has 0 saturated heterocycles. The number of carbonyl (C=O) groups is 1. The Morgan fingerprint density at radius 2 is 1.87 bits per heavy atom. The molecule has 1 fully saturated rings. The normalized spacial score (nSPS) is 14.0. The maximum atomic E-state index is 12.7. The van der Waals surface area contributed by atoms with Crippen molar-refractivity contribution in [2.45, 2.75) is 18.9 Å². The van der Waals surface area contributed by atoms with Crippen molar-refractivity contribution in [3.63, 3.8) is 0 Å². The first-order valence-corrected chi connectivity index (χ1v) is 8.75. The fourth-order valence-electron chi connectivity index (χ4n) is 2.63. The highest BCUT2D eigenvalue weighted by molar-refractivity contribution is 14.1. The number of rotatable bonds is 3. The average molecular weight is 414 g/mol. The van der Waals surface area contributed by atoms with Gasteiger partial charge in [0, 0.05) is 20.6 Å². The summed E-state index contributed by atoms with van der Waals surface area (Å²) in [6.45, 7) is 0. The molecule has 1 aromatic heterocycles. The van der Waals surface area contributed by atoms with Gasteiger partial charge in [-0.2, -0.15) is 0 Å². The highest BCUT2D eigenvalue weighted by Crippen LogP contribution is 2.27. The van der Waals surface area contributed by atoms with Crippen LogP contribution in [0.15, 0.2) is 54.6 Å². The largest absolute Gasteiger partial charge is 0.349 e. The lowest BCUT2D eigenvalue weighted by Gasteiger charge is -2.10. The Balaban J connectivity index is 1.89. The molecular formula is C19H15IN2O. The fourth-order valence-corrected chi connectivity index (χ4v) is 3.12. The quantitative estimate of drug-likeness (QED) is 0.646. The van der Waals surface area contributed by atoms with Crippen molar-refractivity contribution in [2.75, 3.05) is 0 Å². The van der Waals surface area contributed by atoms with E-state index in [9.17, 15) is 4.79 Å². The number of aromatic nitrogens is 1. The molecule has 4 rings (SSSR count). The average Bonchev–Trinajstić information content (AvgIpc) is 3.38. The molecule has 114 valence electrons. The van der Waals surface area contributed by atoms with E-state index in [2.05, 4.69) is 27.9 Å². The zero-order valence-corrected chi connectivity index (χ0v) is 14.6. The lowest BCUT2D eigenvalue weighted by molar-refractivity contribution is 0.0952. The monoisotopic (exact) mass is 414 g/mol. The molecule has 3 nitrogen and oxygen atoms in total. The van der Waals surface area contributed by atoms with Gasteiger partial charge in [-0.15, -0.1) is 0 Å². The van der Waals surface area contributed by atoms with Crippen LogP contribution in [0.2, 0.25) is 0 Å². The molecule has 1 saturated carbocycles. The number of halogens is 1.